The molecule has 0 saturated carbocycles. The maximum atomic E-state index is 3.24. The molecule has 0 radical (unpaired) electrons. The Morgan fingerprint density at radius 1 is 1.30 bits per heavy atom. The Morgan fingerprint density at radius 2 is 1.90 bits per heavy atom. The Kier molecular flexibility index (Phi) is 5.18. The molecule has 0 saturated heterocycles. The van der Waals surface area contributed by atoms with Crippen molar-refractivity contribution in [3.63, 3.8) is 0 Å². The van der Waals surface area contributed by atoms with Crippen molar-refractivity contribution in [3.8, 4) is 0 Å². The van der Waals surface area contributed by atoms with E-state index in [2.05, 4.69) is 31.7 Å². The Labute approximate surface area is 69.1 Å². The van der Waals surface area contributed by atoms with E-state index in [1.54, 1.807) is 11.9 Å². The van der Waals surface area contributed by atoms with Crippen molar-refractivity contribution < 1.29 is 0 Å². The third kappa shape index (κ3) is 8.31. The molecule has 0 amide bonds. The molecule has 2 heteroatoms. The molecule has 1 N–H and O–H groups in total. The van der Waals surface area contributed by atoms with Crippen molar-refractivity contribution in [2.45, 2.75) is 33.6 Å². The molecule has 0 aromatic heterocycles. The summed E-state index contributed by atoms with van der Waals surface area (Å²) in [6, 6.07) is 0. The first kappa shape index (κ1) is 10.3. The van der Waals surface area contributed by atoms with E-state index >= 15 is 0 Å². The first-order valence-electron chi connectivity index (χ1n) is 3.82. The first-order valence-corrected chi connectivity index (χ1v) is 5.04. The summed E-state index contributed by atoms with van der Waals surface area (Å²) >= 11 is 1.70. The zero-order valence-corrected chi connectivity index (χ0v) is 8.35. The highest BCUT2D eigenvalue weighted by Gasteiger charge is 2.08. The van der Waals surface area contributed by atoms with Gasteiger partial charge in [-0.25, -0.2) is 0 Å². The normalized spacial score (nSPS) is 12.0. The van der Waals surface area contributed by atoms with Gasteiger partial charge in [0.05, 0.1) is 0 Å². The van der Waals surface area contributed by atoms with E-state index in [4.69, 9.17) is 0 Å². The zero-order valence-electron chi connectivity index (χ0n) is 7.53. The van der Waals surface area contributed by atoms with E-state index in [9.17, 15) is 0 Å². The van der Waals surface area contributed by atoms with Gasteiger partial charge in [-0.05, 0) is 24.5 Å². The van der Waals surface area contributed by atoms with E-state index in [0.717, 1.165) is 6.54 Å². The molecule has 0 aliphatic heterocycles. The van der Waals surface area contributed by atoms with Gasteiger partial charge in [0.25, 0.3) is 0 Å². The van der Waals surface area contributed by atoms with Crippen LogP contribution in [0.25, 0.3) is 0 Å². The van der Waals surface area contributed by atoms with Crippen LogP contribution < -0.4 is 4.72 Å². The lowest BCUT2D eigenvalue weighted by atomic mass is 9.91. The highest BCUT2D eigenvalue weighted by atomic mass is 32.2. The molecule has 0 spiro atoms. The molecule has 0 bridgehead atoms. The molecule has 0 heterocycles. The van der Waals surface area contributed by atoms with Gasteiger partial charge in [-0.2, -0.15) is 0 Å². The molecule has 10 heavy (non-hydrogen) atoms. The van der Waals surface area contributed by atoms with E-state index in [1.807, 2.05) is 0 Å². The second-order valence-corrected chi connectivity index (χ2v) is 4.46. The lowest BCUT2D eigenvalue weighted by Crippen LogP contribution is -2.10. The predicted molar refractivity (Wildman–Crippen MR) is 50.2 cm³/mol. The van der Waals surface area contributed by atoms with Crippen LogP contribution in [0.2, 0.25) is 0 Å². The molecule has 0 aliphatic carbocycles. The zero-order chi connectivity index (χ0) is 8.04. The second kappa shape index (κ2) is 5.03. The summed E-state index contributed by atoms with van der Waals surface area (Å²) in [5.74, 6) is 0. The Bertz CT molecular complexity index is 75.8. The summed E-state index contributed by atoms with van der Waals surface area (Å²) in [5.41, 5.74) is 0.500. The molecule has 0 aromatic carbocycles. The second-order valence-electron chi connectivity index (χ2n) is 3.76. The van der Waals surface area contributed by atoms with Crippen LogP contribution >= 0.6 is 11.9 Å². The molecular formula is C8H19NS. The average molecular weight is 161 g/mol. The van der Waals surface area contributed by atoms with E-state index in [-0.39, 0.29) is 0 Å². The van der Waals surface area contributed by atoms with Crippen molar-refractivity contribution in [1.29, 1.82) is 0 Å². The van der Waals surface area contributed by atoms with Crippen LogP contribution in [0.15, 0.2) is 0 Å². The summed E-state index contributed by atoms with van der Waals surface area (Å²) in [7, 11) is 0. The molecule has 0 rings (SSSR count). The quantitative estimate of drug-likeness (QED) is 0.502. The minimum absolute atomic E-state index is 0.500. The SMILES string of the molecule is CSNCCCC(C)(C)C. The molecule has 0 aromatic rings. The van der Waals surface area contributed by atoms with Crippen molar-refractivity contribution in [1.82, 2.24) is 4.72 Å². The van der Waals surface area contributed by atoms with E-state index in [0.29, 0.717) is 5.41 Å². The maximum Gasteiger partial charge on any atom is 0.00586 e. The van der Waals surface area contributed by atoms with Gasteiger partial charge in [0, 0.05) is 6.54 Å². The van der Waals surface area contributed by atoms with E-state index < -0.39 is 0 Å². The number of nitrogens with one attached hydrogen (secondary N) is 1. The van der Waals surface area contributed by atoms with Gasteiger partial charge in [-0.15, -0.1) is 0 Å². The Morgan fingerprint density at radius 3 is 2.30 bits per heavy atom. The van der Waals surface area contributed by atoms with Gasteiger partial charge < -0.3 is 0 Å². The van der Waals surface area contributed by atoms with Gasteiger partial charge in [-0.1, -0.05) is 32.7 Å². The smallest absolute Gasteiger partial charge is 0.00586 e. The first-order chi connectivity index (χ1) is 4.56. The molecule has 62 valence electrons. The van der Waals surface area contributed by atoms with Crippen LogP contribution in [0.1, 0.15) is 33.6 Å². The van der Waals surface area contributed by atoms with Gasteiger partial charge in [-0.3, -0.25) is 4.72 Å². The van der Waals surface area contributed by atoms with Crippen LogP contribution in [0, 0.1) is 5.41 Å². The van der Waals surface area contributed by atoms with Crippen molar-refractivity contribution in [3.05, 3.63) is 0 Å². The van der Waals surface area contributed by atoms with Crippen LogP contribution in [0.4, 0.5) is 0 Å². The third-order valence-corrected chi connectivity index (χ3v) is 1.84. The minimum Gasteiger partial charge on any atom is -0.264 e. The fourth-order valence-electron chi connectivity index (χ4n) is 0.793. The van der Waals surface area contributed by atoms with Crippen molar-refractivity contribution in [2.75, 3.05) is 12.8 Å². The lowest BCUT2D eigenvalue weighted by molar-refractivity contribution is 0.366. The average Bonchev–Trinajstić information content (AvgIpc) is 1.78. The van der Waals surface area contributed by atoms with Crippen LogP contribution in [-0.4, -0.2) is 12.8 Å². The molecule has 0 unspecified atom stereocenters. The lowest BCUT2D eigenvalue weighted by Gasteiger charge is -2.17. The van der Waals surface area contributed by atoms with Gasteiger partial charge in [0.1, 0.15) is 0 Å². The summed E-state index contributed by atoms with van der Waals surface area (Å²) < 4.78 is 3.24. The number of hydrogen-bond acceptors (Lipinski definition) is 2. The van der Waals surface area contributed by atoms with E-state index in [1.165, 1.54) is 12.8 Å². The van der Waals surface area contributed by atoms with Crippen LogP contribution in [0.3, 0.4) is 0 Å². The van der Waals surface area contributed by atoms with Crippen molar-refractivity contribution >= 4 is 11.9 Å². The standard InChI is InChI=1S/C8H19NS/c1-8(2,3)6-5-7-9-10-4/h9H,5-7H2,1-4H3. The number of rotatable bonds is 4. The molecule has 0 atom stereocenters. The highest BCUT2D eigenvalue weighted by Crippen LogP contribution is 2.19. The van der Waals surface area contributed by atoms with Gasteiger partial charge in [0.15, 0.2) is 0 Å². The summed E-state index contributed by atoms with van der Waals surface area (Å²) in [6.07, 6.45) is 4.65. The predicted octanol–water partition coefficient (Wildman–Crippen LogP) is 2.68. The largest absolute Gasteiger partial charge is 0.264 e. The van der Waals surface area contributed by atoms with Gasteiger partial charge >= 0.3 is 0 Å². The summed E-state index contributed by atoms with van der Waals surface area (Å²) in [5, 5.41) is 0. The topological polar surface area (TPSA) is 12.0 Å². The fraction of sp³-hybridized carbons (Fsp3) is 1.00. The summed E-state index contributed by atoms with van der Waals surface area (Å²) in [4.78, 5) is 0. The number of hydrogen-bond donors (Lipinski definition) is 1. The maximum absolute atomic E-state index is 3.24. The third-order valence-electron chi connectivity index (χ3n) is 1.35. The van der Waals surface area contributed by atoms with Gasteiger partial charge in [0.2, 0.25) is 0 Å². The Balaban J connectivity index is 3.04. The molecule has 0 aliphatic rings. The minimum atomic E-state index is 0.500. The van der Waals surface area contributed by atoms with Crippen LogP contribution in [0.5, 0.6) is 0 Å². The fourth-order valence-corrected chi connectivity index (χ4v) is 1.14. The monoisotopic (exact) mass is 161 g/mol. The highest BCUT2D eigenvalue weighted by molar-refractivity contribution is 7.96. The molecule has 0 fully saturated rings. The summed E-state index contributed by atoms with van der Waals surface area (Å²) in [6.45, 7) is 7.99. The molecule has 1 nitrogen and oxygen atoms in total. The van der Waals surface area contributed by atoms with Crippen LogP contribution in [-0.2, 0) is 0 Å². The molecular weight excluding hydrogens is 142 g/mol. The van der Waals surface area contributed by atoms with Crippen molar-refractivity contribution in [2.24, 2.45) is 5.41 Å². The Hall–Kier alpha value is 0.310.